The van der Waals surface area contributed by atoms with Crippen LogP contribution in [0.2, 0.25) is 5.02 Å². The molecule has 0 aliphatic carbocycles. The van der Waals surface area contributed by atoms with Crippen molar-refractivity contribution in [2.75, 3.05) is 10.8 Å². The smallest absolute Gasteiger partial charge is 0.264 e. The molecule has 7 nitrogen and oxygen atoms in total. The first-order chi connectivity index (χ1) is 17.5. The van der Waals surface area contributed by atoms with Crippen molar-refractivity contribution in [3.8, 4) is 0 Å². The number of nitrogens with one attached hydrogen (secondary N) is 1. The van der Waals surface area contributed by atoms with Crippen molar-refractivity contribution in [2.45, 2.75) is 51.2 Å². The summed E-state index contributed by atoms with van der Waals surface area (Å²) in [5.41, 5.74) is 1.85. The summed E-state index contributed by atoms with van der Waals surface area (Å²) >= 11 is 6.02. The van der Waals surface area contributed by atoms with Crippen LogP contribution in [0.3, 0.4) is 0 Å². The molecule has 37 heavy (non-hydrogen) atoms. The molecule has 196 valence electrons. The first-order valence-electron chi connectivity index (χ1n) is 12.0. The van der Waals surface area contributed by atoms with Gasteiger partial charge in [0.1, 0.15) is 12.6 Å². The number of hydrogen-bond donors (Lipinski definition) is 1. The molecular weight excluding hydrogens is 510 g/mol. The van der Waals surface area contributed by atoms with E-state index in [1.807, 2.05) is 13.8 Å². The number of aryl methyl sites for hydroxylation is 1. The van der Waals surface area contributed by atoms with Crippen molar-refractivity contribution in [3.63, 3.8) is 0 Å². The molecule has 9 heteroatoms. The number of carbonyl (C=O) groups is 2. The molecule has 0 spiro atoms. The number of para-hydroxylation sites is 1. The molecule has 3 aromatic carbocycles. The van der Waals surface area contributed by atoms with Gasteiger partial charge in [0.05, 0.1) is 10.6 Å². The lowest BCUT2D eigenvalue weighted by atomic mass is 10.1. The van der Waals surface area contributed by atoms with E-state index in [-0.39, 0.29) is 23.4 Å². The Morgan fingerprint density at radius 3 is 2.08 bits per heavy atom. The fraction of sp³-hybridized carbons (Fsp3) is 0.286. The Morgan fingerprint density at radius 2 is 1.49 bits per heavy atom. The summed E-state index contributed by atoms with van der Waals surface area (Å²) in [6.45, 7) is 6.72. The van der Waals surface area contributed by atoms with Crippen molar-refractivity contribution < 1.29 is 18.0 Å². The topological polar surface area (TPSA) is 86.8 Å². The number of hydrogen-bond acceptors (Lipinski definition) is 4. The van der Waals surface area contributed by atoms with E-state index in [9.17, 15) is 18.0 Å². The maximum Gasteiger partial charge on any atom is 0.264 e. The fourth-order valence-corrected chi connectivity index (χ4v) is 5.48. The number of rotatable bonds is 10. The number of halogens is 1. The number of sulfonamides is 1. The minimum absolute atomic E-state index is 0.0703. The molecule has 1 N–H and O–H groups in total. The van der Waals surface area contributed by atoms with Crippen LogP contribution in [0.25, 0.3) is 0 Å². The van der Waals surface area contributed by atoms with E-state index in [1.54, 1.807) is 80.6 Å². The summed E-state index contributed by atoms with van der Waals surface area (Å²) in [5.74, 6) is -0.838. The number of benzene rings is 3. The second-order valence-electron chi connectivity index (χ2n) is 9.10. The van der Waals surface area contributed by atoms with Gasteiger partial charge in [0.15, 0.2) is 0 Å². The van der Waals surface area contributed by atoms with Gasteiger partial charge >= 0.3 is 0 Å². The summed E-state index contributed by atoms with van der Waals surface area (Å²) in [5, 5.41) is 3.39. The van der Waals surface area contributed by atoms with Crippen LogP contribution in [0.15, 0.2) is 83.8 Å². The molecule has 1 atom stereocenters. The van der Waals surface area contributed by atoms with Gasteiger partial charge in [0.25, 0.3) is 10.0 Å². The molecule has 0 unspecified atom stereocenters. The zero-order valence-corrected chi connectivity index (χ0v) is 23.0. The predicted molar refractivity (Wildman–Crippen MR) is 147 cm³/mol. The maximum absolute atomic E-state index is 13.8. The highest BCUT2D eigenvalue weighted by atomic mass is 35.5. The van der Waals surface area contributed by atoms with E-state index < -0.39 is 28.5 Å². The van der Waals surface area contributed by atoms with Gasteiger partial charge in [-0.1, -0.05) is 60.1 Å². The van der Waals surface area contributed by atoms with Crippen molar-refractivity contribution in [3.05, 3.63) is 95.0 Å². The monoisotopic (exact) mass is 541 g/mol. The molecule has 0 radical (unpaired) electrons. The lowest BCUT2D eigenvalue weighted by molar-refractivity contribution is -0.139. The van der Waals surface area contributed by atoms with Crippen LogP contribution in [0.1, 0.15) is 31.9 Å². The van der Waals surface area contributed by atoms with Gasteiger partial charge in [-0.15, -0.1) is 0 Å². The average Bonchev–Trinajstić information content (AvgIpc) is 2.87. The Morgan fingerprint density at radius 1 is 0.892 bits per heavy atom. The van der Waals surface area contributed by atoms with Crippen LogP contribution in [0, 0.1) is 6.92 Å². The minimum Gasteiger partial charge on any atom is -0.352 e. The van der Waals surface area contributed by atoms with Crippen molar-refractivity contribution in [2.24, 2.45) is 0 Å². The summed E-state index contributed by atoms with van der Waals surface area (Å²) in [6.07, 6.45) is 0. The van der Waals surface area contributed by atoms with Crippen LogP contribution in [-0.2, 0) is 26.2 Å². The molecule has 2 amide bonds. The number of anilines is 1. The zero-order valence-electron chi connectivity index (χ0n) is 21.4. The van der Waals surface area contributed by atoms with Gasteiger partial charge in [-0.2, -0.15) is 0 Å². The Bertz CT molecular complexity index is 1330. The second kappa shape index (κ2) is 12.3. The van der Waals surface area contributed by atoms with E-state index in [4.69, 9.17) is 11.6 Å². The minimum atomic E-state index is -4.08. The third kappa shape index (κ3) is 7.11. The standard InChI is InChI=1S/C28H32ClN3O4S/c1-20(2)30-28(34)22(4)31(18-23-14-16-24(29)17-15-23)27(33)19-32(26-13-9-8-10-21(26)3)37(35,36)25-11-6-5-7-12-25/h5-17,20,22H,18-19H2,1-4H3,(H,30,34)/t22-/m0/s1. The van der Waals surface area contributed by atoms with E-state index in [0.717, 1.165) is 9.87 Å². The number of amides is 2. The van der Waals surface area contributed by atoms with Crippen LogP contribution in [0.4, 0.5) is 5.69 Å². The van der Waals surface area contributed by atoms with Crippen LogP contribution in [0.5, 0.6) is 0 Å². The molecule has 0 saturated carbocycles. The molecule has 3 aromatic rings. The molecule has 0 aliphatic heterocycles. The summed E-state index contributed by atoms with van der Waals surface area (Å²) in [6, 6.07) is 21.0. The van der Waals surface area contributed by atoms with Gasteiger partial charge in [-0.05, 0) is 69.2 Å². The average molecular weight is 542 g/mol. The molecular formula is C28H32ClN3O4S. The van der Waals surface area contributed by atoms with Crippen molar-refractivity contribution in [1.82, 2.24) is 10.2 Å². The molecule has 3 rings (SSSR count). The Balaban J connectivity index is 2.02. The van der Waals surface area contributed by atoms with Crippen molar-refractivity contribution >= 4 is 39.1 Å². The Kier molecular flexibility index (Phi) is 9.34. The SMILES string of the molecule is Cc1ccccc1N(CC(=O)N(Cc1ccc(Cl)cc1)[C@@H](C)C(=O)NC(C)C)S(=O)(=O)c1ccccc1. The third-order valence-corrected chi connectivity index (χ3v) is 7.88. The largest absolute Gasteiger partial charge is 0.352 e. The highest BCUT2D eigenvalue weighted by Gasteiger charge is 2.33. The quantitative estimate of drug-likeness (QED) is 0.400. The molecule has 0 aliphatic rings. The molecule has 0 heterocycles. The van der Waals surface area contributed by atoms with Crippen LogP contribution < -0.4 is 9.62 Å². The summed E-state index contributed by atoms with van der Waals surface area (Å²) < 4.78 is 28.6. The van der Waals surface area contributed by atoms with E-state index >= 15 is 0 Å². The highest BCUT2D eigenvalue weighted by Crippen LogP contribution is 2.27. The first kappa shape index (κ1) is 28.2. The Hall–Kier alpha value is -3.36. The lowest BCUT2D eigenvalue weighted by Gasteiger charge is -2.32. The highest BCUT2D eigenvalue weighted by molar-refractivity contribution is 7.92. The third-order valence-electron chi connectivity index (χ3n) is 5.86. The Labute approximate surface area is 224 Å². The maximum atomic E-state index is 13.8. The fourth-order valence-electron chi connectivity index (χ4n) is 3.85. The number of carbonyl (C=O) groups excluding carboxylic acids is 2. The normalized spacial score (nSPS) is 12.2. The predicted octanol–water partition coefficient (Wildman–Crippen LogP) is 4.79. The first-order valence-corrected chi connectivity index (χ1v) is 13.8. The second-order valence-corrected chi connectivity index (χ2v) is 11.4. The van der Waals surface area contributed by atoms with Gasteiger partial charge in [-0.25, -0.2) is 8.42 Å². The zero-order chi connectivity index (χ0) is 27.2. The molecule has 0 bridgehead atoms. The van der Waals surface area contributed by atoms with Crippen LogP contribution in [-0.4, -0.2) is 43.8 Å². The van der Waals surface area contributed by atoms with E-state index in [1.165, 1.54) is 17.0 Å². The molecule has 0 aromatic heterocycles. The molecule has 0 saturated heterocycles. The molecule has 0 fully saturated rings. The number of nitrogens with zero attached hydrogens (tertiary/aromatic N) is 2. The van der Waals surface area contributed by atoms with Crippen LogP contribution >= 0.6 is 11.6 Å². The summed E-state index contributed by atoms with van der Waals surface area (Å²) in [7, 11) is -4.08. The van der Waals surface area contributed by atoms with E-state index in [0.29, 0.717) is 16.3 Å². The van der Waals surface area contributed by atoms with E-state index in [2.05, 4.69) is 5.32 Å². The summed E-state index contributed by atoms with van der Waals surface area (Å²) in [4.78, 5) is 28.2. The van der Waals surface area contributed by atoms with Gasteiger partial charge < -0.3 is 10.2 Å². The lowest BCUT2D eigenvalue weighted by Crippen LogP contribution is -2.52. The van der Waals surface area contributed by atoms with Gasteiger partial charge in [-0.3, -0.25) is 13.9 Å². The van der Waals surface area contributed by atoms with Gasteiger partial charge in [0.2, 0.25) is 11.8 Å². The van der Waals surface area contributed by atoms with Crippen molar-refractivity contribution in [1.29, 1.82) is 0 Å². The van der Waals surface area contributed by atoms with Gasteiger partial charge in [0, 0.05) is 17.6 Å².